The van der Waals surface area contributed by atoms with E-state index in [1.54, 1.807) is 6.20 Å². The molecule has 0 aliphatic heterocycles. The molecule has 3 rings (SSSR count). The normalized spacial score (nSPS) is 10.7. The van der Waals surface area contributed by atoms with Crippen molar-refractivity contribution in [3.05, 3.63) is 92.8 Å². The molecule has 0 radical (unpaired) electrons. The Labute approximate surface area is 160 Å². The first-order valence-electron chi connectivity index (χ1n) is 8.49. The molecule has 0 saturated heterocycles. The predicted molar refractivity (Wildman–Crippen MR) is 107 cm³/mol. The smallest absolute Gasteiger partial charge is 0.329 e. The number of thioether (sulfide) groups is 1. The molecule has 0 bridgehead atoms. The summed E-state index contributed by atoms with van der Waals surface area (Å²) in [6.07, 6.45) is 1.96. The molecule has 0 atom stereocenters. The van der Waals surface area contributed by atoms with Crippen molar-refractivity contribution in [1.82, 2.24) is 9.55 Å². The zero-order chi connectivity index (χ0) is 19.1. The average molecular weight is 384 g/mol. The van der Waals surface area contributed by atoms with Crippen molar-refractivity contribution < 1.29 is 9.84 Å². The van der Waals surface area contributed by atoms with E-state index >= 15 is 0 Å². The lowest BCUT2D eigenvalue weighted by Gasteiger charge is -2.09. The summed E-state index contributed by atoms with van der Waals surface area (Å²) in [4.78, 5) is 26.4. The largest absolute Gasteiger partial charge is 0.457 e. The molecule has 6 nitrogen and oxygen atoms in total. The van der Waals surface area contributed by atoms with Crippen molar-refractivity contribution in [3.63, 3.8) is 0 Å². The number of aromatic amines is 1. The lowest BCUT2D eigenvalue weighted by atomic mass is 10.1. The molecule has 140 valence electrons. The molecule has 0 aliphatic carbocycles. The van der Waals surface area contributed by atoms with Gasteiger partial charge in [-0.1, -0.05) is 30.3 Å². The Morgan fingerprint density at radius 1 is 1.04 bits per heavy atom. The fraction of sp³-hybridized carbons (Fsp3) is 0.200. The first-order valence-corrected chi connectivity index (χ1v) is 9.64. The number of nitrogens with zero attached hydrogens (tertiary/aromatic N) is 1. The van der Waals surface area contributed by atoms with Gasteiger partial charge in [-0.25, -0.2) is 4.79 Å². The maximum absolute atomic E-state index is 12.2. The van der Waals surface area contributed by atoms with Gasteiger partial charge in [0.05, 0.1) is 12.5 Å². The van der Waals surface area contributed by atoms with E-state index in [0.717, 1.165) is 11.3 Å². The first kappa shape index (κ1) is 19.0. The second kappa shape index (κ2) is 9.25. The van der Waals surface area contributed by atoms with Gasteiger partial charge in [-0.3, -0.25) is 14.3 Å². The van der Waals surface area contributed by atoms with Crippen LogP contribution < -0.4 is 16.0 Å². The van der Waals surface area contributed by atoms with Crippen LogP contribution in [0.3, 0.4) is 0 Å². The summed E-state index contributed by atoms with van der Waals surface area (Å²) < 4.78 is 7.27. The van der Waals surface area contributed by atoms with Gasteiger partial charge in [-0.15, -0.1) is 11.8 Å². The van der Waals surface area contributed by atoms with Crippen LogP contribution in [0.1, 0.15) is 11.1 Å². The Bertz CT molecular complexity index is 999. The Hall–Kier alpha value is -2.77. The third-order valence-corrected chi connectivity index (χ3v) is 4.75. The standard InChI is InChI=1S/C20H20N2O4S/c23-9-10-27-14-22-13-16(19(24)21-20(22)25)11-15-5-4-8-18(12-15)26-17-6-2-1-3-7-17/h1-8,12-13,23H,9-11,14H2,(H,21,24,25). The topological polar surface area (TPSA) is 84.3 Å². The molecule has 0 saturated carbocycles. The van der Waals surface area contributed by atoms with E-state index in [1.807, 2.05) is 54.6 Å². The molecular formula is C20H20N2O4S. The molecule has 2 aromatic carbocycles. The number of H-pyrrole nitrogens is 1. The van der Waals surface area contributed by atoms with Gasteiger partial charge in [0.15, 0.2) is 0 Å². The lowest BCUT2D eigenvalue weighted by molar-refractivity contribution is 0.322. The van der Waals surface area contributed by atoms with Gasteiger partial charge in [-0.05, 0) is 29.8 Å². The fourth-order valence-corrected chi connectivity index (χ4v) is 3.21. The highest BCUT2D eigenvalue weighted by molar-refractivity contribution is 7.98. The zero-order valence-corrected chi connectivity index (χ0v) is 15.4. The third-order valence-electron chi connectivity index (χ3n) is 3.82. The summed E-state index contributed by atoms with van der Waals surface area (Å²) in [5.74, 6) is 2.32. The molecule has 0 aliphatic rings. The van der Waals surface area contributed by atoms with E-state index in [2.05, 4.69) is 4.98 Å². The SMILES string of the molecule is O=c1[nH]c(=O)n(CSCCO)cc1Cc1cccc(Oc2ccccc2)c1. The molecular weight excluding hydrogens is 364 g/mol. The highest BCUT2D eigenvalue weighted by Crippen LogP contribution is 2.22. The van der Waals surface area contributed by atoms with Crippen molar-refractivity contribution in [3.8, 4) is 11.5 Å². The van der Waals surface area contributed by atoms with Crippen LogP contribution in [0, 0.1) is 0 Å². The van der Waals surface area contributed by atoms with Crippen molar-refractivity contribution in [1.29, 1.82) is 0 Å². The minimum Gasteiger partial charge on any atom is -0.457 e. The van der Waals surface area contributed by atoms with E-state index in [4.69, 9.17) is 9.84 Å². The van der Waals surface area contributed by atoms with Crippen LogP contribution in [0.25, 0.3) is 0 Å². The summed E-state index contributed by atoms with van der Waals surface area (Å²) in [5.41, 5.74) is 0.561. The number of nitrogens with one attached hydrogen (secondary N) is 1. The molecule has 1 heterocycles. The number of aromatic nitrogens is 2. The third kappa shape index (κ3) is 5.35. The monoisotopic (exact) mass is 384 g/mol. The van der Waals surface area contributed by atoms with Gasteiger partial charge in [0.25, 0.3) is 5.56 Å². The minimum absolute atomic E-state index is 0.0455. The number of hydrogen-bond acceptors (Lipinski definition) is 5. The van der Waals surface area contributed by atoms with Crippen LogP contribution >= 0.6 is 11.8 Å². The van der Waals surface area contributed by atoms with Gasteiger partial charge >= 0.3 is 5.69 Å². The Morgan fingerprint density at radius 2 is 1.81 bits per heavy atom. The maximum Gasteiger partial charge on any atom is 0.329 e. The molecule has 0 amide bonds. The quantitative estimate of drug-likeness (QED) is 0.583. The number of para-hydroxylation sites is 1. The fourth-order valence-electron chi connectivity index (χ4n) is 2.57. The summed E-state index contributed by atoms with van der Waals surface area (Å²) in [5, 5.41) is 8.86. The molecule has 1 aromatic heterocycles. The highest BCUT2D eigenvalue weighted by atomic mass is 32.2. The van der Waals surface area contributed by atoms with Gasteiger partial charge in [0, 0.05) is 23.9 Å². The number of benzene rings is 2. The molecule has 3 aromatic rings. The number of aliphatic hydroxyl groups excluding tert-OH is 1. The Balaban J connectivity index is 1.78. The number of hydrogen-bond donors (Lipinski definition) is 2. The maximum atomic E-state index is 12.2. The van der Waals surface area contributed by atoms with Crippen LogP contribution in [-0.2, 0) is 12.3 Å². The van der Waals surface area contributed by atoms with Gasteiger partial charge in [0.2, 0.25) is 0 Å². The van der Waals surface area contributed by atoms with Gasteiger partial charge in [0.1, 0.15) is 11.5 Å². The van der Waals surface area contributed by atoms with E-state index < -0.39 is 11.2 Å². The van der Waals surface area contributed by atoms with Crippen molar-refractivity contribution in [2.45, 2.75) is 12.3 Å². The van der Waals surface area contributed by atoms with Gasteiger partial charge in [-0.2, -0.15) is 0 Å². The summed E-state index contributed by atoms with van der Waals surface area (Å²) in [6.45, 7) is 0.0455. The van der Waals surface area contributed by atoms with Crippen molar-refractivity contribution in [2.75, 3.05) is 12.4 Å². The van der Waals surface area contributed by atoms with E-state index in [-0.39, 0.29) is 6.61 Å². The van der Waals surface area contributed by atoms with Crippen LogP contribution in [0.15, 0.2) is 70.4 Å². The molecule has 0 unspecified atom stereocenters. The lowest BCUT2D eigenvalue weighted by Crippen LogP contribution is -2.31. The molecule has 2 N–H and O–H groups in total. The minimum atomic E-state index is -0.449. The summed E-state index contributed by atoms with van der Waals surface area (Å²) in [7, 11) is 0. The average Bonchev–Trinajstić information content (AvgIpc) is 2.66. The van der Waals surface area contributed by atoms with E-state index in [0.29, 0.717) is 29.4 Å². The van der Waals surface area contributed by atoms with Crippen molar-refractivity contribution in [2.24, 2.45) is 0 Å². The molecule has 0 spiro atoms. The van der Waals surface area contributed by atoms with Crippen LogP contribution in [0.2, 0.25) is 0 Å². The highest BCUT2D eigenvalue weighted by Gasteiger charge is 2.07. The van der Waals surface area contributed by atoms with Crippen molar-refractivity contribution >= 4 is 11.8 Å². The second-order valence-corrected chi connectivity index (χ2v) is 6.96. The molecule has 7 heteroatoms. The van der Waals surface area contributed by atoms with Crippen LogP contribution in [0.4, 0.5) is 0 Å². The zero-order valence-electron chi connectivity index (χ0n) is 14.6. The summed E-state index contributed by atoms with van der Waals surface area (Å²) >= 11 is 1.42. The predicted octanol–water partition coefficient (Wildman–Crippen LogP) is 2.60. The Kier molecular flexibility index (Phi) is 6.51. The Morgan fingerprint density at radius 3 is 2.59 bits per heavy atom. The number of rotatable bonds is 8. The first-order chi connectivity index (χ1) is 13.2. The molecule has 27 heavy (non-hydrogen) atoms. The summed E-state index contributed by atoms with van der Waals surface area (Å²) in [6, 6.07) is 17.0. The van der Waals surface area contributed by atoms with Crippen LogP contribution in [-0.4, -0.2) is 27.0 Å². The van der Waals surface area contributed by atoms with E-state index in [9.17, 15) is 9.59 Å². The second-order valence-electron chi connectivity index (χ2n) is 5.88. The van der Waals surface area contributed by atoms with Crippen LogP contribution in [0.5, 0.6) is 11.5 Å². The van der Waals surface area contributed by atoms with E-state index in [1.165, 1.54) is 16.3 Å². The van der Waals surface area contributed by atoms with Gasteiger partial charge < -0.3 is 9.84 Å². The molecule has 0 fully saturated rings. The number of aliphatic hydroxyl groups is 1. The number of ether oxygens (including phenoxy) is 1.